The van der Waals surface area contributed by atoms with Crippen molar-refractivity contribution < 1.29 is 14.0 Å². The minimum Gasteiger partial charge on any atom is -0.353 e. The maximum Gasteiger partial charge on any atom is 0.220 e. The zero-order valence-electron chi connectivity index (χ0n) is 12.2. The van der Waals surface area contributed by atoms with E-state index in [-0.39, 0.29) is 36.4 Å². The largest absolute Gasteiger partial charge is 0.353 e. The van der Waals surface area contributed by atoms with E-state index in [0.717, 1.165) is 12.8 Å². The lowest BCUT2D eigenvalue weighted by atomic mass is 10.1. The molecule has 0 heterocycles. The smallest absolute Gasteiger partial charge is 0.220 e. The Balaban J connectivity index is 1.75. The summed E-state index contributed by atoms with van der Waals surface area (Å²) < 4.78 is 12.8. The summed E-state index contributed by atoms with van der Waals surface area (Å²) in [5, 5.41) is 3.02. The summed E-state index contributed by atoms with van der Waals surface area (Å²) >= 11 is 0. The summed E-state index contributed by atoms with van der Waals surface area (Å²) in [6, 6.07) is 5.71. The quantitative estimate of drug-likeness (QED) is 0.665. The summed E-state index contributed by atoms with van der Waals surface area (Å²) in [4.78, 5) is 23.8. The standard InChI is InChI=1S/C17H22FNO2/c18-14-9-7-13(8-10-14)16(20)11-12-17(21)19-15-5-3-1-2-4-6-15/h7-10,15H,1-6,11-12H2,(H,19,21). The van der Waals surface area contributed by atoms with E-state index in [9.17, 15) is 14.0 Å². The van der Waals surface area contributed by atoms with Crippen LogP contribution in [0.15, 0.2) is 24.3 Å². The van der Waals surface area contributed by atoms with E-state index in [1.165, 1.54) is 49.9 Å². The van der Waals surface area contributed by atoms with Crippen LogP contribution in [0.3, 0.4) is 0 Å². The number of hydrogen-bond donors (Lipinski definition) is 1. The molecule has 1 N–H and O–H groups in total. The Labute approximate surface area is 124 Å². The number of carbonyl (C=O) groups excluding carboxylic acids is 2. The van der Waals surface area contributed by atoms with Crippen LogP contribution in [0.4, 0.5) is 4.39 Å². The first-order valence-corrected chi connectivity index (χ1v) is 7.73. The molecule has 1 saturated carbocycles. The van der Waals surface area contributed by atoms with Crippen molar-refractivity contribution in [2.45, 2.75) is 57.4 Å². The highest BCUT2D eigenvalue weighted by molar-refractivity contribution is 5.97. The van der Waals surface area contributed by atoms with Gasteiger partial charge < -0.3 is 5.32 Å². The van der Waals surface area contributed by atoms with Gasteiger partial charge in [-0.25, -0.2) is 4.39 Å². The fourth-order valence-electron chi connectivity index (χ4n) is 2.73. The van der Waals surface area contributed by atoms with Gasteiger partial charge >= 0.3 is 0 Å². The van der Waals surface area contributed by atoms with Crippen LogP contribution < -0.4 is 5.32 Å². The van der Waals surface area contributed by atoms with Crippen molar-refractivity contribution in [2.24, 2.45) is 0 Å². The van der Waals surface area contributed by atoms with Crippen LogP contribution in [0.5, 0.6) is 0 Å². The third-order valence-corrected chi connectivity index (χ3v) is 3.97. The maximum absolute atomic E-state index is 12.8. The first kappa shape index (κ1) is 15.7. The normalized spacial score (nSPS) is 16.2. The average molecular weight is 291 g/mol. The molecular weight excluding hydrogens is 269 g/mol. The molecule has 0 atom stereocenters. The SMILES string of the molecule is O=C(CCC(=O)c1ccc(F)cc1)NC1CCCCCC1. The van der Waals surface area contributed by atoms with Crippen molar-refractivity contribution in [3.8, 4) is 0 Å². The molecule has 2 rings (SSSR count). The van der Waals surface area contributed by atoms with Crippen molar-refractivity contribution in [1.82, 2.24) is 5.32 Å². The van der Waals surface area contributed by atoms with E-state index >= 15 is 0 Å². The van der Waals surface area contributed by atoms with Gasteiger partial charge in [0, 0.05) is 24.4 Å². The van der Waals surface area contributed by atoms with Gasteiger partial charge in [0.25, 0.3) is 0 Å². The van der Waals surface area contributed by atoms with Crippen molar-refractivity contribution in [3.63, 3.8) is 0 Å². The van der Waals surface area contributed by atoms with Gasteiger partial charge in [-0.15, -0.1) is 0 Å². The van der Waals surface area contributed by atoms with Gasteiger partial charge in [0.15, 0.2) is 5.78 Å². The molecule has 1 aliphatic carbocycles. The number of halogens is 1. The Morgan fingerprint density at radius 2 is 1.62 bits per heavy atom. The van der Waals surface area contributed by atoms with Gasteiger partial charge in [-0.2, -0.15) is 0 Å². The molecule has 0 saturated heterocycles. The number of amides is 1. The summed E-state index contributed by atoms with van der Waals surface area (Å²) in [7, 11) is 0. The highest BCUT2D eigenvalue weighted by atomic mass is 19.1. The molecule has 1 amide bonds. The van der Waals surface area contributed by atoms with E-state index in [1.807, 2.05) is 0 Å². The zero-order valence-corrected chi connectivity index (χ0v) is 12.2. The van der Waals surface area contributed by atoms with Crippen LogP contribution in [-0.2, 0) is 4.79 Å². The highest BCUT2D eigenvalue weighted by Crippen LogP contribution is 2.17. The van der Waals surface area contributed by atoms with Crippen LogP contribution in [-0.4, -0.2) is 17.7 Å². The molecule has 0 aliphatic heterocycles. The highest BCUT2D eigenvalue weighted by Gasteiger charge is 2.15. The minimum absolute atomic E-state index is 0.0580. The molecule has 0 unspecified atom stereocenters. The summed E-state index contributed by atoms with van der Waals surface area (Å²) in [6.45, 7) is 0. The van der Waals surface area contributed by atoms with Crippen molar-refractivity contribution in [2.75, 3.05) is 0 Å². The maximum atomic E-state index is 12.8. The number of carbonyl (C=O) groups is 2. The first-order chi connectivity index (χ1) is 10.1. The molecule has 0 bridgehead atoms. The molecule has 3 nitrogen and oxygen atoms in total. The lowest BCUT2D eigenvalue weighted by Crippen LogP contribution is -2.34. The van der Waals surface area contributed by atoms with E-state index in [0.29, 0.717) is 5.56 Å². The average Bonchev–Trinajstić information content (AvgIpc) is 2.74. The monoisotopic (exact) mass is 291 g/mol. The molecule has 0 aromatic heterocycles. The molecule has 1 aliphatic rings. The minimum atomic E-state index is -0.363. The van der Waals surface area contributed by atoms with Crippen LogP contribution in [0.1, 0.15) is 61.7 Å². The molecule has 1 aromatic carbocycles. The lowest BCUT2D eigenvalue weighted by Gasteiger charge is -2.15. The number of hydrogen-bond acceptors (Lipinski definition) is 2. The van der Waals surface area contributed by atoms with Gasteiger partial charge in [-0.3, -0.25) is 9.59 Å². The molecule has 1 fully saturated rings. The van der Waals surface area contributed by atoms with E-state index in [4.69, 9.17) is 0 Å². The fourth-order valence-corrected chi connectivity index (χ4v) is 2.73. The molecule has 1 aromatic rings. The van der Waals surface area contributed by atoms with Gasteiger partial charge in [0.2, 0.25) is 5.91 Å². The first-order valence-electron chi connectivity index (χ1n) is 7.73. The predicted octanol–water partition coefficient (Wildman–Crippen LogP) is 3.63. The third kappa shape index (κ3) is 5.29. The number of Topliss-reactive ketones (excluding diaryl/α,β-unsaturated/α-hetero) is 1. The van der Waals surface area contributed by atoms with Gasteiger partial charge in [0.1, 0.15) is 5.82 Å². The second kappa shape index (κ2) is 7.91. The molecule has 0 radical (unpaired) electrons. The van der Waals surface area contributed by atoms with Gasteiger partial charge in [0.05, 0.1) is 0 Å². The van der Waals surface area contributed by atoms with Gasteiger partial charge in [-0.1, -0.05) is 25.7 Å². The van der Waals surface area contributed by atoms with Crippen molar-refractivity contribution in [3.05, 3.63) is 35.6 Å². The number of rotatable bonds is 5. The van der Waals surface area contributed by atoms with Gasteiger partial charge in [-0.05, 0) is 37.1 Å². The van der Waals surface area contributed by atoms with E-state index < -0.39 is 0 Å². The third-order valence-electron chi connectivity index (χ3n) is 3.97. The van der Waals surface area contributed by atoms with Crippen LogP contribution in [0.25, 0.3) is 0 Å². The second-order valence-electron chi connectivity index (χ2n) is 5.69. The topological polar surface area (TPSA) is 46.2 Å². The predicted molar refractivity (Wildman–Crippen MR) is 79.6 cm³/mol. The fraction of sp³-hybridized carbons (Fsp3) is 0.529. The molecule has 114 valence electrons. The summed E-state index contributed by atoms with van der Waals surface area (Å²) in [5.74, 6) is -0.541. The van der Waals surface area contributed by atoms with E-state index in [1.54, 1.807) is 0 Å². The Bertz CT molecular complexity index is 476. The molecule has 0 spiro atoms. The Morgan fingerprint density at radius 3 is 2.24 bits per heavy atom. The Kier molecular flexibility index (Phi) is 5.90. The van der Waals surface area contributed by atoms with E-state index in [2.05, 4.69) is 5.32 Å². The van der Waals surface area contributed by atoms with Crippen LogP contribution in [0.2, 0.25) is 0 Å². The Hall–Kier alpha value is -1.71. The lowest BCUT2D eigenvalue weighted by molar-refractivity contribution is -0.121. The second-order valence-corrected chi connectivity index (χ2v) is 5.69. The van der Waals surface area contributed by atoms with Crippen molar-refractivity contribution in [1.29, 1.82) is 0 Å². The van der Waals surface area contributed by atoms with Crippen LogP contribution >= 0.6 is 0 Å². The Morgan fingerprint density at radius 1 is 1.00 bits per heavy atom. The summed E-state index contributed by atoms with van der Waals surface area (Å²) in [6.07, 6.45) is 7.27. The van der Waals surface area contributed by atoms with Crippen LogP contribution in [0, 0.1) is 5.82 Å². The number of ketones is 1. The number of nitrogens with one attached hydrogen (secondary N) is 1. The number of benzene rings is 1. The van der Waals surface area contributed by atoms with Crippen molar-refractivity contribution >= 4 is 11.7 Å². The molecular formula is C17H22FNO2. The summed E-state index contributed by atoms with van der Waals surface area (Å²) in [5.41, 5.74) is 0.457. The molecule has 21 heavy (non-hydrogen) atoms. The molecule has 4 heteroatoms. The zero-order chi connectivity index (χ0) is 15.1.